The minimum Gasteiger partial charge on any atom is -0.377 e. The minimum absolute atomic E-state index is 0.0362. The Morgan fingerprint density at radius 1 is 1.32 bits per heavy atom. The van der Waals surface area contributed by atoms with Gasteiger partial charge in [-0.3, -0.25) is 4.79 Å². The lowest BCUT2D eigenvalue weighted by molar-refractivity contribution is -0.122. The second-order valence-corrected chi connectivity index (χ2v) is 5.69. The normalized spacial score (nSPS) is 13.9. The van der Waals surface area contributed by atoms with E-state index in [0.717, 1.165) is 18.5 Å². The molecular weight excluding hydrogens is 278 g/mol. The molecule has 0 aliphatic heterocycles. The zero-order valence-corrected chi connectivity index (χ0v) is 13.9. The van der Waals surface area contributed by atoms with Gasteiger partial charge in [0.2, 0.25) is 5.91 Å². The Hall–Kier alpha value is -1.43. The summed E-state index contributed by atoms with van der Waals surface area (Å²) in [6.07, 6.45) is 1.23. The van der Waals surface area contributed by atoms with Crippen molar-refractivity contribution in [1.82, 2.24) is 10.2 Å². The average Bonchev–Trinajstić information content (AvgIpc) is 2.50. The number of carbonyl (C=O) groups excluding carboxylic acids is 1. The summed E-state index contributed by atoms with van der Waals surface area (Å²) in [6.45, 7) is 4.08. The fourth-order valence-electron chi connectivity index (χ4n) is 2.20. The number of rotatable bonds is 10. The van der Waals surface area contributed by atoms with Crippen molar-refractivity contribution in [2.45, 2.75) is 31.9 Å². The second-order valence-electron chi connectivity index (χ2n) is 5.69. The highest BCUT2D eigenvalue weighted by atomic mass is 16.5. The molecule has 1 aromatic carbocycles. The van der Waals surface area contributed by atoms with Crippen molar-refractivity contribution in [3.63, 3.8) is 0 Å². The number of amides is 1. The van der Waals surface area contributed by atoms with E-state index in [9.17, 15) is 4.79 Å². The van der Waals surface area contributed by atoms with E-state index in [1.165, 1.54) is 0 Å². The Labute approximate surface area is 133 Å². The first kappa shape index (κ1) is 18.6. The summed E-state index contributed by atoms with van der Waals surface area (Å²) in [5.74, 6) is -0.0362. The van der Waals surface area contributed by atoms with Gasteiger partial charge in [-0.1, -0.05) is 30.3 Å². The van der Waals surface area contributed by atoms with Gasteiger partial charge in [-0.15, -0.1) is 0 Å². The summed E-state index contributed by atoms with van der Waals surface area (Å²) >= 11 is 0. The lowest BCUT2D eigenvalue weighted by Crippen LogP contribution is -2.36. The SMILES string of the molecule is CCOC(CCN(C)C)CNC(=O)CC(N)c1ccccc1. The molecule has 0 aliphatic rings. The monoisotopic (exact) mass is 307 g/mol. The third kappa shape index (κ3) is 7.54. The smallest absolute Gasteiger partial charge is 0.221 e. The number of nitrogens with zero attached hydrogens (tertiary/aromatic N) is 1. The lowest BCUT2D eigenvalue weighted by atomic mass is 10.0. The largest absolute Gasteiger partial charge is 0.377 e. The minimum atomic E-state index is -0.270. The predicted molar refractivity (Wildman–Crippen MR) is 89.6 cm³/mol. The summed E-state index contributed by atoms with van der Waals surface area (Å²) in [4.78, 5) is 14.1. The fourth-order valence-corrected chi connectivity index (χ4v) is 2.20. The zero-order chi connectivity index (χ0) is 16.4. The van der Waals surface area contributed by atoms with Gasteiger partial charge in [0.15, 0.2) is 0 Å². The summed E-state index contributed by atoms with van der Waals surface area (Å²) in [5, 5.41) is 2.93. The van der Waals surface area contributed by atoms with Gasteiger partial charge in [-0.05, 0) is 33.0 Å². The number of nitrogens with one attached hydrogen (secondary N) is 1. The van der Waals surface area contributed by atoms with E-state index < -0.39 is 0 Å². The molecule has 1 amide bonds. The molecule has 5 nitrogen and oxygen atoms in total. The number of ether oxygens (including phenoxy) is 1. The molecule has 1 aromatic rings. The van der Waals surface area contributed by atoms with Crippen molar-refractivity contribution in [2.75, 3.05) is 33.8 Å². The Morgan fingerprint density at radius 3 is 2.59 bits per heavy atom. The molecule has 2 unspecified atom stereocenters. The van der Waals surface area contributed by atoms with Crippen molar-refractivity contribution >= 4 is 5.91 Å². The molecule has 0 saturated heterocycles. The Kier molecular flexibility index (Phi) is 8.74. The van der Waals surface area contributed by atoms with Crippen LogP contribution in [0.3, 0.4) is 0 Å². The van der Waals surface area contributed by atoms with Crippen LogP contribution in [-0.2, 0) is 9.53 Å². The van der Waals surface area contributed by atoms with Crippen LogP contribution < -0.4 is 11.1 Å². The van der Waals surface area contributed by atoms with Crippen LogP contribution in [-0.4, -0.2) is 50.7 Å². The van der Waals surface area contributed by atoms with E-state index in [1.807, 2.05) is 51.4 Å². The quantitative estimate of drug-likeness (QED) is 0.688. The van der Waals surface area contributed by atoms with E-state index in [2.05, 4.69) is 10.2 Å². The summed E-state index contributed by atoms with van der Waals surface area (Å²) in [6, 6.07) is 9.41. The molecule has 0 radical (unpaired) electrons. The summed E-state index contributed by atoms with van der Waals surface area (Å²) < 4.78 is 5.66. The van der Waals surface area contributed by atoms with Gasteiger partial charge in [0.1, 0.15) is 0 Å². The number of carbonyl (C=O) groups is 1. The van der Waals surface area contributed by atoms with Crippen LogP contribution in [0.15, 0.2) is 30.3 Å². The van der Waals surface area contributed by atoms with Crippen LogP contribution in [0.1, 0.15) is 31.4 Å². The Morgan fingerprint density at radius 2 is 2.00 bits per heavy atom. The highest BCUT2D eigenvalue weighted by Crippen LogP contribution is 2.12. The molecule has 0 bridgehead atoms. The maximum atomic E-state index is 12.0. The van der Waals surface area contributed by atoms with Crippen molar-refractivity contribution in [3.8, 4) is 0 Å². The van der Waals surface area contributed by atoms with E-state index in [-0.39, 0.29) is 24.5 Å². The Bertz CT molecular complexity index is 423. The van der Waals surface area contributed by atoms with Crippen molar-refractivity contribution < 1.29 is 9.53 Å². The number of nitrogens with two attached hydrogens (primary N) is 1. The van der Waals surface area contributed by atoms with E-state index >= 15 is 0 Å². The maximum Gasteiger partial charge on any atom is 0.221 e. The summed E-state index contributed by atoms with van der Waals surface area (Å²) in [5.41, 5.74) is 7.04. The molecule has 0 saturated carbocycles. The van der Waals surface area contributed by atoms with E-state index in [1.54, 1.807) is 0 Å². The first-order valence-corrected chi connectivity index (χ1v) is 7.86. The highest BCUT2D eigenvalue weighted by Gasteiger charge is 2.14. The van der Waals surface area contributed by atoms with Crippen molar-refractivity contribution in [3.05, 3.63) is 35.9 Å². The van der Waals surface area contributed by atoms with Gasteiger partial charge in [-0.2, -0.15) is 0 Å². The third-order valence-electron chi connectivity index (χ3n) is 3.46. The lowest BCUT2D eigenvalue weighted by Gasteiger charge is -2.20. The molecule has 3 N–H and O–H groups in total. The van der Waals surface area contributed by atoms with Crippen LogP contribution in [0, 0.1) is 0 Å². The molecule has 0 spiro atoms. The van der Waals surface area contributed by atoms with E-state index in [0.29, 0.717) is 13.2 Å². The molecule has 2 atom stereocenters. The molecule has 5 heteroatoms. The van der Waals surface area contributed by atoms with E-state index in [4.69, 9.17) is 10.5 Å². The van der Waals surface area contributed by atoms with Gasteiger partial charge >= 0.3 is 0 Å². The molecule has 0 heterocycles. The summed E-state index contributed by atoms with van der Waals surface area (Å²) in [7, 11) is 4.06. The van der Waals surface area contributed by atoms with Crippen LogP contribution in [0.5, 0.6) is 0 Å². The molecule has 0 aliphatic carbocycles. The van der Waals surface area contributed by atoms with Crippen LogP contribution in [0.4, 0.5) is 0 Å². The molecular formula is C17H29N3O2. The van der Waals surface area contributed by atoms with Gasteiger partial charge in [0.05, 0.1) is 6.10 Å². The highest BCUT2D eigenvalue weighted by molar-refractivity contribution is 5.76. The van der Waals surface area contributed by atoms with Crippen molar-refractivity contribution in [2.24, 2.45) is 5.73 Å². The van der Waals surface area contributed by atoms with Crippen molar-refractivity contribution in [1.29, 1.82) is 0 Å². The number of hydrogen-bond donors (Lipinski definition) is 2. The van der Waals surface area contributed by atoms with Gasteiger partial charge in [0, 0.05) is 32.2 Å². The topological polar surface area (TPSA) is 67.6 Å². The second kappa shape index (κ2) is 10.3. The van der Waals surface area contributed by atoms with Gasteiger partial charge in [0.25, 0.3) is 0 Å². The van der Waals surface area contributed by atoms with Crippen LogP contribution >= 0.6 is 0 Å². The predicted octanol–water partition coefficient (Wildman–Crippen LogP) is 1.55. The zero-order valence-electron chi connectivity index (χ0n) is 13.9. The third-order valence-corrected chi connectivity index (χ3v) is 3.46. The molecule has 124 valence electrons. The standard InChI is InChI=1S/C17H29N3O2/c1-4-22-15(10-11-20(2)3)13-19-17(21)12-16(18)14-8-6-5-7-9-14/h5-9,15-16H,4,10-13,18H2,1-3H3,(H,19,21). The average molecular weight is 307 g/mol. The first-order chi connectivity index (χ1) is 10.5. The van der Waals surface area contributed by atoms with Crippen LogP contribution in [0.25, 0.3) is 0 Å². The molecule has 22 heavy (non-hydrogen) atoms. The molecule has 1 rings (SSSR count). The fraction of sp³-hybridized carbons (Fsp3) is 0.588. The molecule has 0 aromatic heterocycles. The number of hydrogen-bond acceptors (Lipinski definition) is 4. The number of benzene rings is 1. The van der Waals surface area contributed by atoms with Gasteiger partial charge < -0.3 is 20.7 Å². The van der Waals surface area contributed by atoms with Crippen LogP contribution in [0.2, 0.25) is 0 Å². The maximum absolute atomic E-state index is 12.0. The first-order valence-electron chi connectivity index (χ1n) is 7.86. The molecule has 0 fully saturated rings. The Balaban J connectivity index is 2.36. The van der Waals surface area contributed by atoms with Gasteiger partial charge in [-0.25, -0.2) is 0 Å².